The topological polar surface area (TPSA) is 67.8 Å². The third-order valence-corrected chi connectivity index (χ3v) is 4.96. The van der Waals surface area contributed by atoms with E-state index in [4.69, 9.17) is 9.47 Å². The Kier molecular flexibility index (Phi) is 11.1. The molecule has 0 radical (unpaired) electrons. The van der Waals surface area contributed by atoms with Gasteiger partial charge in [-0.25, -0.2) is 4.98 Å². The summed E-state index contributed by atoms with van der Waals surface area (Å²) < 4.78 is 11.3. The van der Waals surface area contributed by atoms with Crippen molar-refractivity contribution in [2.45, 2.75) is 32.8 Å². The Morgan fingerprint density at radius 3 is 2.63 bits per heavy atom. The fourth-order valence-corrected chi connectivity index (χ4v) is 3.21. The third-order valence-electron chi connectivity index (χ3n) is 3.76. The molecule has 1 unspecified atom stereocenters. The molecule has 6 nitrogen and oxygen atoms in total. The van der Waals surface area contributed by atoms with Gasteiger partial charge in [-0.1, -0.05) is 19.1 Å². The molecule has 0 aliphatic carbocycles. The van der Waals surface area contributed by atoms with E-state index in [1.54, 1.807) is 25.5 Å². The predicted molar refractivity (Wildman–Crippen MR) is 123 cm³/mol. The van der Waals surface area contributed by atoms with Gasteiger partial charge >= 0.3 is 0 Å². The predicted octanol–water partition coefficient (Wildman–Crippen LogP) is 3.51. The van der Waals surface area contributed by atoms with E-state index in [0.29, 0.717) is 6.54 Å². The summed E-state index contributed by atoms with van der Waals surface area (Å²) in [5.41, 5.74) is 0. The summed E-state index contributed by atoms with van der Waals surface area (Å²) in [5, 5.41) is 7.75. The molecule has 1 aromatic heterocycles. The van der Waals surface area contributed by atoms with Gasteiger partial charge in [-0.05, 0) is 25.5 Å². The summed E-state index contributed by atoms with van der Waals surface area (Å²) in [6.07, 6.45) is 3.86. The van der Waals surface area contributed by atoms with Crippen LogP contribution in [0.1, 0.15) is 23.7 Å². The van der Waals surface area contributed by atoms with Gasteiger partial charge in [0.2, 0.25) is 0 Å². The number of ether oxygens (including phenoxy) is 2. The number of aliphatic imine (C=N–C) groups is 1. The summed E-state index contributed by atoms with van der Waals surface area (Å²) in [6, 6.07) is 7.65. The number of nitrogens with one attached hydrogen (secondary N) is 2. The minimum Gasteiger partial charge on any atom is -0.493 e. The lowest BCUT2D eigenvalue weighted by atomic mass is 10.3. The van der Waals surface area contributed by atoms with Crippen LogP contribution in [0, 0.1) is 0 Å². The second kappa shape index (κ2) is 12.8. The number of methoxy groups -OCH3 is 1. The van der Waals surface area contributed by atoms with E-state index in [1.807, 2.05) is 37.4 Å². The highest BCUT2D eigenvalue weighted by atomic mass is 127. The van der Waals surface area contributed by atoms with Crippen LogP contribution in [0.5, 0.6) is 11.5 Å². The number of hydrogen-bond acceptors (Lipinski definition) is 5. The Balaban J connectivity index is 0.00000364. The zero-order valence-electron chi connectivity index (χ0n) is 16.3. The van der Waals surface area contributed by atoms with E-state index in [2.05, 4.69) is 27.5 Å². The van der Waals surface area contributed by atoms with Crippen LogP contribution in [0.15, 0.2) is 35.5 Å². The molecule has 2 rings (SSSR count). The number of thiazole rings is 1. The van der Waals surface area contributed by atoms with Gasteiger partial charge in [0.05, 0.1) is 18.7 Å². The number of para-hydroxylation sites is 2. The number of guanidine groups is 1. The number of hydrogen-bond donors (Lipinski definition) is 2. The van der Waals surface area contributed by atoms with Gasteiger partial charge in [-0.2, -0.15) is 0 Å². The Labute approximate surface area is 182 Å². The molecule has 2 aromatic rings. The van der Waals surface area contributed by atoms with Crippen molar-refractivity contribution in [1.29, 1.82) is 0 Å². The molecule has 0 saturated carbocycles. The first-order valence-corrected chi connectivity index (χ1v) is 9.65. The van der Waals surface area contributed by atoms with Crippen molar-refractivity contribution >= 4 is 41.3 Å². The van der Waals surface area contributed by atoms with Crippen LogP contribution in [0.3, 0.4) is 0 Å². The second-order valence-corrected chi connectivity index (χ2v) is 6.98. The molecule has 0 bridgehead atoms. The van der Waals surface area contributed by atoms with Crippen molar-refractivity contribution < 1.29 is 9.47 Å². The maximum Gasteiger partial charge on any atom is 0.191 e. The normalized spacial score (nSPS) is 12.1. The van der Waals surface area contributed by atoms with Crippen LogP contribution < -0.4 is 20.1 Å². The Bertz CT molecular complexity index is 709. The van der Waals surface area contributed by atoms with Gasteiger partial charge in [0.1, 0.15) is 6.10 Å². The minimum absolute atomic E-state index is 0. The fourth-order valence-electron chi connectivity index (χ4n) is 2.35. The first-order valence-electron chi connectivity index (χ1n) is 8.84. The van der Waals surface area contributed by atoms with Crippen LogP contribution in [-0.4, -0.2) is 44.3 Å². The van der Waals surface area contributed by atoms with Crippen LogP contribution in [0.4, 0.5) is 0 Å². The van der Waals surface area contributed by atoms with Crippen molar-refractivity contribution in [3.63, 3.8) is 0 Å². The zero-order valence-corrected chi connectivity index (χ0v) is 19.5. The number of nitrogens with zero attached hydrogens (tertiary/aromatic N) is 2. The fraction of sp³-hybridized carbons (Fsp3) is 0.474. The summed E-state index contributed by atoms with van der Waals surface area (Å²) in [7, 11) is 3.41. The molecule has 1 heterocycles. The van der Waals surface area contributed by atoms with E-state index in [-0.39, 0.29) is 30.1 Å². The Morgan fingerprint density at radius 1 is 1.26 bits per heavy atom. The van der Waals surface area contributed by atoms with E-state index in [9.17, 15) is 0 Å². The number of aromatic nitrogens is 1. The summed E-state index contributed by atoms with van der Waals surface area (Å²) in [4.78, 5) is 10.0. The molecule has 0 aliphatic rings. The molecule has 0 spiro atoms. The average molecular weight is 504 g/mol. The summed E-state index contributed by atoms with van der Waals surface area (Å²) >= 11 is 1.77. The smallest absolute Gasteiger partial charge is 0.191 e. The molecule has 0 fully saturated rings. The van der Waals surface area contributed by atoms with Crippen molar-refractivity contribution in [1.82, 2.24) is 15.6 Å². The molecule has 1 atom stereocenters. The number of rotatable bonds is 9. The first-order chi connectivity index (χ1) is 12.7. The lowest BCUT2D eigenvalue weighted by Gasteiger charge is -2.19. The van der Waals surface area contributed by atoms with Crippen LogP contribution in [0.2, 0.25) is 0 Å². The van der Waals surface area contributed by atoms with E-state index in [0.717, 1.165) is 41.9 Å². The molecule has 0 saturated heterocycles. The standard InChI is InChI=1S/C19H28N4O2S.HI/c1-5-15-13-22-18(26-15)10-11-21-19(20-3)23-12-14(2)25-17-9-7-6-8-16(17)24-4;/h6-9,13-14H,5,10-12H2,1-4H3,(H2,20,21,23);1H. The SMILES string of the molecule is CCc1cnc(CCNC(=NC)NCC(C)Oc2ccccc2OC)s1.I. The summed E-state index contributed by atoms with van der Waals surface area (Å²) in [5.74, 6) is 2.23. The monoisotopic (exact) mass is 504 g/mol. The highest BCUT2D eigenvalue weighted by Gasteiger charge is 2.09. The van der Waals surface area contributed by atoms with E-state index in [1.165, 1.54) is 4.88 Å². The Morgan fingerprint density at radius 2 is 2.00 bits per heavy atom. The number of benzene rings is 1. The molecule has 0 aliphatic heterocycles. The van der Waals surface area contributed by atoms with E-state index < -0.39 is 0 Å². The Hall–Kier alpha value is -1.55. The van der Waals surface area contributed by atoms with Crippen LogP contribution in [0.25, 0.3) is 0 Å². The molecule has 8 heteroatoms. The quantitative estimate of drug-likeness (QED) is 0.311. The van der Waals surface area contributed by atoms with Crippen LogP contribution >= 0.6 is 35.3 Å². The van der Waals surface area contributed by atoms with Gasteiger partial charge in [0, 0.05) is 31.1 Å². The lowest BCUT2D eigenvalue weighted by Crippen LogP contribution is -2.42. The van der Waals surface area contributed by atoms with Gasteiger partial charge < -0.3 is 20.1 Å². The summed E-state index contributed by atoms with van der Waals surface area (Å²) in [6.45, 7) is 5.58. The molecule has 0 amide bonds. The van der Waals surface area contributed by atoms with Crippen molar-refractivity contribution in [3.05, 3.63) is 40.3 Å². The van der Waals surface area contributed by atoms with Gasteiger partial charge in [0.15, 0.2) is 17.5 Å². The molecule has 2 N–H and O–H groups in total. The molecule has 1 aromatic carbocycles. The van der Waals surface area contributed by atoms with Gasteiger partial charge in [-0.15, -0.1) is 35.3 Å². The van der Waals surface area contributed by atoms with Crippen molar-refractivity contribution in [2.24, 2.45) is 4.99 Å². The molecule has 150 valence electrons. The maximum absolute atomic E-state index is 5.94. The number of aryl methyl sites for hydroxylation is 1. The lowest BCUT2D eigenvalue weighted by molar-refractivity contribution is 0.213. The molecular formula is C19H29IN4O2S. The first kappa shape index (κ1) is 23.5. The number of halogens is 1. The highest BCUT2D eigenvalue weighted by molar-refractivity contribution is 14.0. The second-order valence-electron chi connectivity index (χ2n) is 5.78. The van der Waals surface area contributed by atoms with E-state index >= 15 is 0 Å². The zero-order chi connectivity index (χ0) is 18.8. The van der Waals surface area contributed by atoms with Crippen molar-refractivity contribution in [3.8, 4) is 11.5 Å². The van der Waals surface area contributed by atoms with Gasteiger partial charge in [-0.3, -0.25) is 4.99 Å². The minimum atomic E-state index is -0.0316. The molecular weight excluding hydrogens is 475 g/mol. The average Bonchev–Trinajstić information content (AvgIpc) is 3.13. The highest BCUT2D eigenvalue weighted by Crippen LogP contribution is 2.26. The largest absolute Gasteiger partial charge is 0.493 e. The van der Waals surface area contributed by atoms with Gasteiger partial charge in [0.25, 0.3) is 0 Å². The van der Waals surface area contributed by atoms with Crippen LogP contribution in [-0.2, 0) is 12.8 Å². The third kappa shape index (κ3) is 7.92. The van der Waals surface area contributed by atoms with Crippen molar-refractivity contribution in [2.75, 3.05) is 27.2 Å². The molecule has 27 heavy (non-hydrogen) atoms. The maximum atomic E-state index is 5.94.